The number of benzene rings is 2. The molecule has 1 aromatic heterocycles. The third kappa shape index (κ3) is 4.70. The molecule has 29 heavy (non-hydrogen) atoms. The fourth-order valence-electron chi connectivity index (χ4n) is 3.14. The molecule has 0 radical (unpaired) electrons. The predicted octanol–water partition coefficient (Wildman–Crippen LogP) is 3.27. The number of likely N-dealkylation sites (N-methyl/N-ethyl adjacent to an activating group) is 1. The minimum Gasteiger partial charge on any atom is -0.455 e. The van der Waals surface area contributed by atoms with Crippen molar-refractivity contribution in [2.45, 2.75) is 0 Å². The molecule has 1 aliphatic heterocycles. The highest BCUT2D eigenvalue weighted by atomic mass is 16.5. The van der Waals surface area contributed by atoms with Crippen LogP contribution in [0.3, 0.4) is 0 Å². The first kappa shape index (κ1) is 18.9. The lowest BCUT2D eigenvalue weighted by Crippen LogP contribution is -2.44. The highest BCUT2D eigenvalue weighted by molar-refractivity contribution is 6.04. The lowest BCUT2D eigenvalue weighted by molar-refractivity contribution is 0.102. The van der Waals surface area contributed by atoms with Crippen molar-refractivity contribution >= 4 is 17.4 Å². The molecule has 0 aliphatic carbocycles. The van der Waals surface area contributed by atoms with Crippen LogP contribution in [0, 0.1) is 0 Å². The molecule has 1 saturated heterocycles. The van der Waals surface area contributed by atoms with Gasteiger partial charge >= 0.3 is 0 Å². The van der Waals surface area contributed by atoms with Gasteiger partial charge in [-0.15, -0.1) is 0 Å². The Bertz CT molecular complexity index is 972. The second-order valence-corrected chi connectivity index (χ2v) is 6.92. The zero-order valence-corrected chi connectivity index (χ0v) is 16.3. The Labute approximate surface area is 170 Å². The van der Waals surface area contributed by atoms with Crippen LogP contribution in [0.2, 0.25) is 0 Å². The monoisotopic (exact) mass is 389 g/mol. The van der Waals surface area contributed by atoms with Gasteiger partial charge in [-0.3, -0.25) is 4.79 Å². The molecule has 148 valence electrons. The Morgan fingerprint density at radius 1 is 0.966 bits per heavy atom. The third-order valence-corrected chi connectivity index (χ3v) is 4.82. The van der Waals surface area contributed by atoms with Gasteiger partial charge in [0.15, 0.2) is 5.75 Å². The fraction of sp³-hybridized carbons (Fsp3) is 0.227. The quantitative estimate of drug-likeness (QED) is 0.722. The van der Waals surface area contributed by atoms with Gasteiger partial charge < -0.3 is 19.9 Å². The molecule has 4 rings (SSSR count). The molecular formula is C22H23N5O2. The van der Waals surface area contributed by atoms with E-state index in [1.807, 2.05) is 48.5 Å². The average molecular weight is 389 g/mol. The lowest BCUT2D eigenvalue weighted by atomic mass is 10.2. The van der Waals surface area contributed by atoms with Crippen LogP contribution in [0.15, 0.2) is 67.0 Å². The van der Waals surface area contributed by atoms with Crippen LogP contribution in [0.5, 0.6) is 11.5 Å². The first-order chi connectivity index (χ1) is 14.2. The molecule has 0 unspecified atom stereocenters. The Balaban J connectivity index is 1.49. The van der Waals surface area contributed by atoms with Crippen LogP contribution in [0.25, 0.3) is 0 Å². The number of hydrogen-bond acceptors (Lipinski definition) is 6. The summed E-state index contributed by atoms with van der Waals surface area (Å²) < 4.78 is 5.91. The maximum Gasteiger partial charge on any atom is 0.274 e. The van der Waals surface area contributed by atoms with Crippen molar-refractivity contribution in [3.8, 4) is 11.5 Å². The van der Waals surface area contributed by atoms with Crippen LogP contribution in [0.4, 0.5) is 11.5 Å². The van der Waals surface area contributed by atoms with Gasteiger partial charge in [0, 0.05) is 32.2 Å². The van der Waals surface area contributed by atoms with E-state index in [4.69, 9.17) is 4.74 Å². The number of anilines is 2. The molecule has 3 aromatic rings. The molecule has 1 amide bonds. The SMILES string of the molecule is CN1CCN(c2cc(C(=O)Nc3ccccc3Oc3ccccc3)ncn2)CC1. The summed E-state index contributed by atoms with van der Waals surface area (Å²) in [6, 6.07) is 18.5. The van der Waals surface area contributed by atoms with Crippen LogP contribution in [0.1, 0.15) is 10.5 Å². The van der Waals surface area contributed by atoms with E-state index in [1.165, 1.54) is 6.33 Å². The van der Waals surface area contributed by atoms with Crippen molar-refractivity contribution in [3.05, 3.63) is 72.7 Å². The van der Waals surface area contributed by atoms with E-state index in [0.29, 0.717) is 22.9 Å². The summed E-state index contributed by atoms with van der Waals surface area (Å²) in [6.07, 6.45) is 1.44. The maximum atomic E-state index is 12.8. The first-order valence-electron chi connectivity index (χ1n) is 9.58. The normalized spacial score (nSPS) is 14.4. The van der Waals surface area contributed by atoms with Gasteiger partial charge in [0.05, 0.1) is 5.69 Å². The number of piperazine rings is 1. The molecular weight excluding hydrogens is 366 g/mol. The Kier molecular flexibility index (Phi) is 5.67. The van der Waals surface area contributed by atoms with Crippen LogP contribution in [-0.2, 0) is 0 Å². The van der Waals surface area contributed by atoms with Gasteiger partial charge in [-0.2, -0.15) is 0 Å². The first-order valence-corrected chi connectivity index (χ1v) is 9.58. The highest BCUT2D eigenvalue weighted by Crippen LogP contribution is 2.29. The summed E-state index contributed by atoms with van der Waals surface area (Å²) in [7, 11) is 2.10. The van der Waals surface area contributed by atoms with Gasteiger partial charge in [-0.05, 0) is 31.3 Å². The fourth-order valence-corrected chi connectivity index (χ4v) is 3.14. The molecule has 7 nitrogen and oxygen atoms in total. The minimum atomic E-state index is -0.299. The number of rotatable bonds is 5. The molecule has 1 aliphatic rings. The van der Waals surface area contributed by atoms with Gasteiger partial charge in [0.1, 0.15) is 23.6 Å². The van der Waals surface area contributed by atoms with Crippen LogP contribution >= 0.6 is 0 Å². The van der Waals surface area contributed by atoms with E-state index in [0.717, 1.165) is 32.0 Å². The number of carbonyl (C=O) groups is 1. The second kappa shape index (κ2) is 8.70. The number of carbonyl (C=O) groups excluding carboxylic acids is 1. The highest BCUT2D eigenvalue weighted by Gasteiger charge is 2.18. The third-order valence-electron chi connectivity index (χ3n) is 4.82. The van der Waals surface area contributed by atoms with Crippen molar-refractivity contribution in [1.82, 2.24) is 14.9 Å². The number of hydrogen-bond donors (Lipinski definition) is 1. The van der Waals surface area contributed by atoms with Gasteiger partial charge in [-0.1, -0.05) is 30.3 Å². The maximum absolute atomic E-state index is 12.8. The summed E-state index contributed by atoms with van der Waals surface area (Å²) in [5, 5.41) is 2.90. The minimum absolute atomic E-state index is 0.299. The van der Waals surface area contributed by atoms with Crippen LogP contribution < -0.4 is 15.0 Å². The number of nitrogens with zero attached hydrogens (tertiary/aromatic N) is 4. The molecule has 0 atom stereocenters. The topological polar surface area (TPSA) is 70.6 Å². The number of amides is 1. The van der Waals surface area contributed by atoms with Crippen LogP contribution in [-0.4, -0.2) is 54.0 Å². The summed E-state index contributed by atoms with van der Waals surface area (Å²) >= 11 is 0. The molecule has 2 aromatic carbocycles. The largest absolute Gasteiger partial charge is 0.455 e. The van der Waals surface area contributed by atoms with Crippen molar-refractivity contribution in [1.29, 1.82) is 0 Å². The van der Waals surface area contributed by atoms with Gasteiger partial charge in [0.25, 0.3) is 5.91 Å². The molecule has 0 spiro atoms. The average Bonchev–Trinajstić information content (AvgIpc) is 2.76. The standard InChI is InChI=1S/C22H23N5O2/c1-26-11-13-27(14-12-26)21-15-19(23-16-24-21)22(28)25-18-9-5-6-10-20(18)29-17-7-3-2-4-8-17/h2-10,15-16H,11-14H2,1H3,(H,25,28). The molecule has 1 N–H and O–H groups in total. The summed E-state index contributed by atoms with van der Waals surface area (Å²) in [5.74, 6) is 1.74. The molecule has 1 fully saturated rings. The van der Waals surface area contributed by atoms with Gasteiger partial charge in [-0.25, -0.2) is 9.97 Å². The van der Waals surface area contributed by atoms with Gasteiger partial charge in [0.2, 0.25) is 0 Å². The summed E-state index contributed by atoms with van der Waals surface area (Å²) in [4.78, 5) is 25.8. The zero-order chi connectivity index (χ0) is 20.1. The second-order valence-electron chi connectivity index (χ2n) is 6.92. The van der Waals surface area contributed by atoms with E-state index < -0.39 is 0 Å². The van der Waals surface area contributed by atoms with E-state index in [9.17, 15) is 4.79 Å². The van der Waals surface area contributed by atoms with E-state index >= 15 is 0 Å². The molecule has 0 saturated carbocycles. The van der Waals surface area contributed by atoms with Crippen molar-refractivity contribution in [2.75, 3.05) is 43.4 Å². The Morgan fingerprint density at radius 2 is 1.69 bits per heavy atom. The zero-order valence-electron chi connectivity index (χ0n) is 16.3. The van der Waals surface area contributed by atoms with E-state index in [-0.39, 0.29) is 5.91 Å². The molecule has 7 heteroatoms. The van der Waals surface area contributed by atoms with Crippen molar-refractivity contribution in [3.63, 3.8) is 0 Å². The molecule has 0 bridgehead atoms. The number of ether oxygens (including phenoxy) is 1. The van der Waals surface area contributed by atoms with E-state index in [1.54, 1.807) is 12.1 Å². The number of nitrogens with one attached hydrogen (secondary N) is 1. The molecule has 2 heterocycles. The Morgan fingerprint density at radius 3 is 2.48 bits per heavy atom. The number of para-hydroxylation sites is 3. The number of aromatic nitrogens is 2. The summed E-state index contributed by atoms with van der Waals surface area (Å²) in [6.45, 7) is 3.69. The van der Waals surface area contributed by atoms with E-state index in [2.05, 4.69) is 32.1 Å². The van der Waals surface area contributed by atoms with Crippen molar-refractivity contribution in [2.24, 2.45) is 0 Å². The predicted molar refractivity (Wildman–Crippen MR) is 113 cm³/mol. The van der Waals surface area contributed by atoms with Crippen molar-refractivity contribution < 1.29 is 9.53 Å². The lowest BCUT2D eigenvalue weighted by Gasteiger charge is -2.33. The Hall–Kier alpha value is -3.45. The summed E-state index contributed by atoms with van der Waals surface area (Å²) in [5.41, 5.74) is 0.907. The smallest absolute Gasteiger partial charge is 0.274 e.